The molecule has 0 spiro atoms. The van der Waals surface area contributed by atoms with Gasteiger partial charge in [0, 0.05) is 18.2 Å². The monoisotopic (exact) mass is 421 g/mol. The number of benzene rings is 2. The Morgan fingerprint density at radius 1 is 1.13 bits per heavy atom. The zero-order valence-electron chi connectivity index (χ0n) is 16.4. The van der Waals surface area contributed by atoms with Gasteiger partial charge in [0.25, 0.3) is 11.8 Å². The normalized spacial score (nSPS) is 11.6. The van der Waals surface area contributed by atoms with E-state index in [2.05, 4.69) is 15.2 Å². The van der Waals surface area contributed by atoms with Gasteiger partial charge in [0.15, 0.2) is 0 Å². The molecule has 0 saturated heterocycles. The lowest BCUT2D eigenvalue weighted by atomic mass is 10.1. The molecule has 158 valence electrons. The lowest BCUT2D eigenvalue weighted by Crippen LogP contribution is -2.15. The topological polar surface area (TPSA) is 56.2 Å². The molecule has 0 aliphatic carbocycles. The van der Waals surface area contributed by atoms with Crippen molar-refractivity contribution in [1.82, 2.24) is 9.78 Å². The number of carbonyl (C=O) groups excluding carboxylic acids is 1. The highest BCUT2D eigenvalue weighted by molar-refractivity contribution is 6.06. The quantitative estimate of drug-likeness (QED) is 0.538. The number of ether oxygens (including phenoxy) is 1. The molecule has 0 atom stereocenters. The van der Waals surface area contributed by atoms with Gasteiger partial charge in [-0.2, -0.15) is 13.9 Å². The molecular formula is C21H19F4N3O2. The standard InChI is InChI=1S/C21H19F4N3O2/c1-12-18(19(29)26-15-6-4-5-14(11-15)21(3,24)25)13(2)28(27-12)16-7-9-17(10-8-16)30-20(22)23/h4-11,20H,1-3H3,(H,26,29). The molecule has 2 aromatic carbocycles. The number of hydrogen-bond acceptors (Lipinski definition) is 3. The highest BCUT2D eigenvalue weighted by Gasteiger charge is 2.25. The fraction of sp³-hybridized carbons (Fsp3) is 0.238. The Morgan fingerprint density at radius 3 is 2.40 bits per heavy atom. The second-order valence-corrected chi connectivity index (χ2v) is 6.75. The molecule has 0 bridgehead atoms. The number of rotatable bonds is 6. The molecule has 9 heteroatoms. The smallest absolute Gasteiger partial charge is 0.387 e. The summed E-state index contributed by atoms with van der Waals surface area (Å²) in [6.45, 7) is 1.17. The van der Waals surface area contributed by atoms with Gasteiger partial charge in [0.1, 0.15) is 5.75 Å². The summed E-state index contributed by atoms with van der Waals surface area (Å²) in [6, 6.07) is 11.3. The van der Waals surface area contributed by atoms with Crippen LogP contribution in [0.3, 0.4) is 0 Å². The summed E-state index contributed by atoms with van der Waals surface area (Å²) in [7, 11) is 0. The van der Waals surface area contributed by atoms with Gasteiger partial charge in [-0.15, -0.1) is 0 Å². The molecule has 0 aliphatic heterocycles. The van der Waals surface area contributed by atoms with E-state index in [9.17, 15) is 22.4 Å². The molecule has 30 heavy (non-hydrogen) atoms. The van der Waals surface area contributed by atoms with Gasteiger partial charge in [-0.05, 0) is 50.2 Å². The van der Waals surface area contributed by atoms with Crippen molar-refractivity contribution in [3.05, 3.63) is 71.0 Å². The fourth-order valence-corrected chi connectivity index (χ4v) is 3.06. The van der Waals surface area contributed by atoms with Crippen LogP contribution in [-0.4, -0.2) is 22.3 Å². The third kappa shape index (κ3) is 4.61. The van der Waals surface area contributed by atoms with Crippen LogP contribution < -0.4 is 10.1 Å². The van der Waals surface area contributed by atoms with Crippen LogP contribution in [0, 0.1) is 13.8 Å². The van der Waals surface area contributed by atoms with Crippen LogP contribution in [-0.2, 0) is 5.92 Å². The number of hydrogen-bond donors (Lipinski definition) is 1. The summed E-state index contributed by atoms with van der Waals surface area (Å²) in [5.41, 5.74) is 1.79. The van der Waals surface area contributed by atoms with Crippen molar-refractivity contribution in [2.45, 2.75) is 33.3 Å². The second kappa shape index (κ2) is 8.17. The largest absolute Gasteiger partial charge is 0.435 e. The molecule has 5 nitrogen and oxygen atoms in total. The van der Waals surface area contributed by atoms with Crippen molar-refractivity contribution in [3.63, 3.8) is 0 Å². The first-order chi connectivity index (χ1) is 14.1. The predicted molar refractivity (Wildman–Crippen MR) is 104 cm³/mol. The Labute approximate surface area is 170 Å². The number of alkyl halides is 4. The second-order valence-electron chi connectivity index (χ2n) is 6.75. The molecular weight excluding hydrogens is 402 g/mol. The van der Waals surface area contributed by atoms with Crippen LogP contribution in [0.4, 0.5) is 23.2 Å². The van der Waals surface area contributed by atoms with E-state index in [-0.39, 0.29) is 22.6 Å². The minimum absolute atomic E-state index is 0.000792. The Hall–Kier alpha value is -3.36. The molecule has 1 amide bonds. The molecule has 0 fully saturated rings. The van der Waals surface area contributed by atoms with Crippen molar-refractivity contribution in [1.29, 1.82) is 0 Å². The highest BCUT2D eigenvalue weighted by Crippen LogP contribution is 2.29. The predicted octanol–water partition coefficient (Wildman–Crippen LogP) is 5.45. The molecule has 0 aliphatic rings. The molecule has 0 saturated carbocycles. The van der Waals surface area contributed by atoms with E-state index in [0.717, 1.165) is 6.92 Å². The molecule has 1 heterocycles. The SMILES string of the molecule is Cc1nn(-c2ccc(OC(F)F)cc2)c(C)c1C(=O)Nc1cccc(C(C)(F)F)c1. The Balaban J connectivity index is 1.86. The number of carbonyl (C=O) groups is 1. The molecule has 3 aromatic rings. The maximum atomic E-state index is 13.5. The number of halogens is 4. The molecule has 1 aromatic heterocycles. The number of aryl methyl sites for hydroxylation is 1. The van der Waals surface area contributed by atoms with Crippen LogP contribution in [0.1, 0.15) is 34.2 Å². The van der Waals surface area contributed by atoms with Gasteiger partial charge in [0.2, 0.25) is 0 Å². The minimum Gasteiger partial charge on any atom is -0.435 e. The molecule has 3 rings (SSSR count). The lowest BCUT2D eigenvalue weighted by Gasteiger charge is -2.13. The van der Waals surface area contributed by atoms with Crippen LogP contribution in [0.2, 0.25) is 0 Å². The van der Waals surface area contributed by atoms with Crippen molar-refractivity contribution < 1.29 is 27.1 Å². The van der Waals surface area contributed by atoms with Crippen LogP contribution in [0.15, 0.2) is 48.5 Å². The number of nitrogens with zero attached hydrogens (tertiary/aromatic N) is 2. The summed E-state index contributed by atoms with van der Waals surface area (Å²) in [4.78, 5) is 12.8. The minimum atomic E-state index is -3.03. The lowest BCUT2D eigenvalue weighted by molar-refractivity contribution is -0.0498. The zero-order valence-corrected chi connectivity index (χ0v) is 16.4. The van der Waals surface area contributed by atoms with E-state index < -0.39 is 18.4 Å². The molecule has 0 unspecified atom stereocenters. The van der Waals surface area contributed by atoms with Gasteiger partial charge in [-0.1, -0.05) is 12.1 Å². The Kier molecular flexibility index (Phi) is 5.82. The van der Waals surface area contributed by atoms with Crippen LogP contribution >= 0.6 is 0 Å². The maximum absolute atomic E-state index is 13.5. The average molecular weight is 421 g/mol. The first-order valence-corrected chi connectivity index (χ1v) is 8.97. The van der Waals surface area contributed by atoms with Crippen molar-refractivity contribution in [2.75, 3.05) is 5.32 Å². The van der Waals surface area contributed by atoms with E-state index in [1.54, 1.807) is 13.8 Å². The third-order valence-electron chi connectivity index (χ3n) is 4.45. The highest BCUT2D eigenvalue weighted by atomic mass is 19.3. The summed E-state index contributed by atoms with van der Waals surface area (Å²) < 4.78 is 57.5. The van der Waals surface area contributed by atoms with E-state index >= 15 is 0 Å². The number of aromatic nitrogens is 2. The van der Waals surface area contributed by atoms with Crippen molar-refractivity contribution in [3.8, 4) is 11.4 Å². The van der Waals surface area contributed by atoms with Gasteiger partial charge in [-0.25, -0.2) is 13.5 Å². The zero-order chi connectivity index (χ0) is 22.1. The van der Waals surface area contributed by atoms with Gasteiger partial charge in [0.05, 0.1) is 22.6 Å². The number of anilines is 1. The summed E-state index contributed by atoms with van der Waals surface area (Å²) in [6.07, 6.45) is 0. The maximum Gasteiger partial charge on any atom is 0.387 e. The van der Waals surface area contributed by atoms with Crippen molar-refractivity contribution >= 4 is 11.6 Å². The van der Waals surface area contributed by atoms with Crippen molar-refractivity contribution in [2.24, 2.45) is 0 Å². The Morgan fingerprint density at radius 2 is 1.80 bits per heavy atom. The number of nitrogens with one attached hydrogen (secondary N) is 1. The van der Waals surface area contributed by atoms with E-state index in [0.29, 0.717) is 17.1 Å². The van der Waals surface area contributed by atoms with Gasteiger partial charge in [-0.3, -0.25) is 4.79 Å². The van der Waals surface area contributed by atoms with Crippen LogP contribution in [0.25, 0.3) is 5.69 Å². The first kappa shape index (κ1) is 21.4. The molecule has 1 N–H and O–H groups in total. The first-order valence-electron chi connectivity index (χ1n) is 8.97. The van der Waals surface area contributed by atoms with Gasteiger partial charge < -0.3 is 10.1 Å². The average Bonchev–Trinajstić information content (AvgIpc) is 2.95. The summed E-state index contributed by atoms with van der Waals surface area (Å²) >= 11 is 0. The summed E-state index contributed by atoms with van der Waals surface area (Å²) in [5.74, 6) is -3.52. The molecule has 0 radical (unpaired) electrons. The Bertz CT molecular complexity index is 1060. The van der Waals surface area contributed by atoms with Gasteiger partial charge >= 0.3 is 6.61 Å². The third-order valence-corrected chi connectivity index (χ3v) is 4.45. The van der Waals surface area contributed by atoms with E-state index in [1.165, 1.54) is 53.2 Å². The fourth-order valence-electron chi connectivity index (χ4n) is 3.06. The number of amides is 1. The van der Waals surface area contributed by atoms with E-state index in [1.807, 2.05) is 0 Å². The summed E-state index contributed by atoms with van der Waals surface area (Å²) in [5, 5.41) is 6.96. The van der Waals surface area contributed by atoms with E-state index in [4.69, 9.17) is 0 Å². The van der Waals surface area contributed by atoms with Crippen LogP contribution in [0.5, 0.6) is 5.75 Å².